The average Bonchev–Trinajstić information content (AvgIpc) is 3.43. The number of hydrogen-bond acceptors (Lipinski definition) is 3. The van der Waals surface area contributed by atoms with E-state index in [9.17, 15) is 14.7 Å². The van der Waals surface area contributed by atoms with E-state index < -0.39 is 17.6 Å². The number of amides is 1. The van der Waals surface area contributed by atoms with Crippen LogP contribution in [0, 0.1) is 5.92 Å². The molecule has 2 aliphatic carbocycles. The van der Waals surface area contributed by atoms with Crippen molar-refractivity contribution in [1.82, 2.24) is 4.90 Å². The van der Waals surface area contributed by atoms with Crippen LogP contribution >= 0.6 is 0 Å². The molecule has 3 aromatic rings. The second kappa shape index (κ2) is 6.95. The van der Waals surface area contributed by atoms with E-state index in [0.29, 0.717) is 12.8 Å². The van der Waals surface area contributed by atoms with Gasteiger partial charge in [-0.05, 0) is 46.6 Å². The van der Waals surface area contributed by atoms with Gasteiger partial charge in [0.05, 0.1) is 6.04 Å². The highest BCUT2D eigenvalue weighted by atomic mass is 16.6. The van der Waals surface area contributed by atoms with Crippen molar-refractivity contribution in [2.45, 2.75) is 30.3 Å². The van der Waals surface area contributed by atoms with Crippen LogP contribution in [-0.4, -0.2) is 34.2 Å². The SMILES string of the molecule is O=C(OCC1c2ccccc2-c2ccccc21)N1C(c2ccccc2)C2CC1(C(=O)O)C2. The average molecular weight is 425 g/mol. The fourth-order valence-corrected chi connectivity index (χ4v) is 6.01. The maximum absolute atomic E-state index is 13.4. The first-order valence-corrected chi connectivity index (χ1v) is 11.0. The van der Waals surface area contributed by atoms with Gasteiger partial charge in [0.1, 0.15) is 12.1 Å². The van der Waals surface area contributed by atoms with Gasteiger partial charge < -0.3 is 9.84 Å². The molecule has 5 heteroatoms. The van der Waals surface area contributed by atoms with Crippen molar-refractivity contribution in [3.05, 3.63) is 95.6 Å². The molecule has 0 radical (unpaired) electrons. The second-order valence-electron chi connectivity index (χ2n) is 9.03. The lowest BCUT2D eigenvalue weighted by Crippen LogP contribution is -2.54. The molecule has 7 rings (SSSR count). The van der Waals surface area contributed by atoms with Crippen LogP contribution in [0.25, 0.3) is 11.1 Å². The molecule has 0 aromatic heterocycles. The van der Waals surface area contributed by atoms with E-state index in [1.165, 1.54) is 4.90 Å². The first kappa shape index (κ1) is 19.1. The number of ether oxygens (including phenoxy) is 1. The first-order valence-electron chi connectivity index (χ1n) is 11.0. The molecule has 2 heterocycles. The Balaban J connectivity index is 1.29. The summed E-state index contributed by atoms with van der Waals surface area (Å²) in [5.41, 5.74) is 4.41. The number of carboxylic acid groups (broad SMARTS) is 1. The summed E-state index contributed by atoms with van der Waals surface area (Å²) in [4.78, 5) is 27.1. The molecule has 1 atom stereocenters. The Hall–Kier alpha value is -3.60. The number of fused-ring (bicyclic) bond motifs is 4. The maximum atomic E-state index is 13.4. The molecule has 1 saturated carbocycles. The van der Waals surface area contributed by atoms with Crippen LogP contribution in [0.4, 0.5) is 4.79 Å². The topological polar surface area (TPSA) is 66.8 Å². The fraction of sp³-hybridized carbons (Fsp3) is 0.259. The fourth-order valence-electron chi connectivity index (χ4n) is 6.01. The largest absolute Gasteiger partial charge is 0.479 e. The van der Waals surface area contributed by atoms with Crippen LogP contribution in [0.5, 0.6) is 0 Å². The summed E-state index contributed by atoms with van der Waals surface area (Å²) in [6, 6.07) is 25.8. The van der Waals surface area contributed by atoms with Gasteiger partial charge in [0.2, 0.25) is 0 Å². The van der Waals surface area contributed by atoms with Crippen molar-refractivity contribution < 1.29 is 19.4 Å². The molecule has 2 bridgehead atoms. The van der Waals surface area contributed by atoms with Gasteiger partial charge in [-0.1, -0.05) is 78.9 Å². The van der Waals surface area contributed by atoms with E-state index in [1.54, 1.807) is 0 Å². The van der Waals surface area contributed by atoms with Crippen LogP contribution in [0.2, 0.25) is 0 Å². The molecular formula is C27H23NO4. The van der Waals surface area contributed by atoms with Crippen LogP contribution in [0.3, 0.4) is 0 Å². The number of carbonyl (C=O) groups excluding carboxylic acids is 1. The van der Waals surface area contributed by atoms with Crippen molar-refractivity contribution in [2.75, 3.05) is 6.61 Å². The highest BCUT2D eigenvalue weighted by Gasteiger charge is 2.68. The molecule has 3 fully saturated rings. The quantitative estimate of drug-likeness (QED) is 0.622. The van der Waals surface area contributed by atoms with Crippen molar-refractivity contribution >= 4 is 12.1 Å². The Labute approximate surface area is 186 Å². The van der Waals surface area contributed by atoms with Gasteiger partial charge in [-0.3, -0.25) is 4.90 Å². The van der Waals surface area contributed by atoms with Crippen molar-refractivity contribution in [3.8, 4) is 11.1 Å². The minimum atomic E-state index is -1.16. The van der Waals surface area contributed by atoms with E-state index in [-0.39, 0.29) is 24.5 Å². The predicted molar refractivity (Wildman–Crippen MR) is 119 cm³/mol. The lowest BCUT2D eigenvalue weighted by Gasteiger charge is -2.37. The van der Waals surface area contributed by atoms with E-state index in [2.05, 4.69) is 24.3 Å². The van der Waals surface area contributed by atoms with Crippen LogP contribution in [0.15, 0.2) is 78.9 Å². The predicted octanol–water partition coefficient (Wildman–Crippen LogP) is 5.23. The Morgan fingerprint density at radius 1 is 0.875 bits per heavy atom. The van der Waals surface area contributed by atoms with Gasteiger partial charge >= 0.3 is 12.1 Å². The molecule has 5 nitrogen and oxygen atoms in total. The lowest BCUT2D eigenvalue weighted by molar-refractivity contribution is -0.151. The highest BCUT2D eigenvalue weighted by Crippen LogP contribution is 2.61. The zero-order chi connectivity index (χ0) is 21.9. The number of carboxylic acids is 1. The molecule has 1 N–H and O–H groups in total. The Kier molecular flexibility index (Phi) is 4.15. The van der Waals surface area contributed by atoms with Gasteiger partial charge in [0.25, 0.3) is 0 Å². The number of benzene rings is 3. The minimum Gasteiger partial charge on any atom is -0.479 e. The van der Waals surface area contributed by atoms with Crippen molar-refractivity contribution in [3.63, 3.8) is 0 Å². The third-order valence-corrected chi connectivity index (χ3v) is 7.46. The first-order chi connectivity index (χ1) is 15.6. The number of rotatable bonds is 4. The Morgan fingerprint density at radius 2 is 1.44 bits per heavy atom. The normalized spacial score (nSPS) is 25.1. The van der Waals surface area contributed by atoms with E-state index >= 15 is 0 Å². The summed E-state index contributed by atoms with van der Waals surface area (Å²) < 4.78 is 5.87. The Morgan fingerprint density at radius 3 is 2.03 bits per heavy atom. The van der Waals surface area contributed by atoms with Crippen molar-refractivity contribution in [2.24, 2.45) is 5.92 Å². The van der Waals surface area contributed by atoms with Crippen LogP contribution in [-0.2, 0) is 9.53 Å². The van der Waals surface area contributed by atoms with Crippen molar-refractivity contribution in [1.29, 1.82) is 0 Å². The highest BCUT2D eigenvalue weighted by molar-refractivity contribution is 5.88. The molecule has 1 unspecified atom stereocenters. The molecular weight excluding hydrogens is 402 g/mol. The van der Waals surface area contributed by atoms with Gasteiger partial charge in [-0.25, -0.2) is 9.59 Å². The molecule has 0 spiro atoms. The monoisotopic (exact) mass is 425 g/mol. The summed E-state index contributed by atoms with van der Waals surface area (Å²) in [6.07, 6.45) is 0.418. The van der Waals surface area contributed by atoms with Gasteiger partial charge in [0.15, 0.2) is 0 Å². The number of carbonyl (C=O) groups is 2. The zero-order valence-electron chi connectivity index (χ0n) is 17.5. The molecule has 3 aromatic carbocycles. The van der Waals surface area contributed by atoms with E-state index in [1.807, 2.05) is 54.6 Å². The van der Waals surface area contributed by atoms with Crippen LogP contribution < -0.4 is 0 Å². The summed E-state index contributed by atoms with van der Waals surface area (Å²) in [7, 11) is 0. The van der Waals surface area contributed by atoms with E-state index in [0.717, 1.165) is 27.8 Å². The zero-order valence-corrected chi connectivity index (χ0v) is 17.5. The van der Waals surface area contributed by atoms with Gasteiger partial charge in [-0.15, -0.1) is 0 Å². The molecule has 160 valence electrons. The summed E-state index contributed by atoms with van der Waals surface area (Å²) >= 11 is 0. The maximum Gasteiger partial charge on any atom is 0.411 e. The number of nitrogens with zero attached hydrogens (tertiary/aromatic N) is 1. The number of hydrogen-bond donors (Lipinski definition) is 1. The Bertz CT molecular complexity index is 1170. The van der Waals surface area contributed by atoms with Gasteiger partial charge in [-0.2, -0.15) is 0 Å². The van der Waals surface area contributed by atoms with Gasteiger partial charge in [0, 0.05) is 5.92 Å². The standard InChI is InChI=1S/C27H23NO4/c29-25(30)27-14-18(15-27)24(17-8-2-1-3-9-17)28(27)26(31)32-16-23-21-12-6-4-10-19(21)20-11-5-7-13-22(20)23/h1-13,18,23-24H,14-16H2,(H,29,30). The lowest BCUT2D eigenvalue weighted by atomic mass is 9.71. The summed E-state index contributed by atoms with van der Waals surface area (Å²) in [6.45, 7) is 0.186. The summed E-state index contributed by atoms with van der Waals surface area (Å²) in [5.74, 6) is -0.852. The smallest absolute Gasteiger partial charge is 0.411 e. The second-order valence-corrected chi connectivity index (χ2v) is 9.03. The third-order valence-electron chi connectivity index (χ3n) is 7.46. The summed E-state index contributed by atoms with van der Waals surface area (Å²) in [5, 5.41) is 9.99. The molecule has 32 heavy (non-hydrogen) atoms. The minimum absolute atomic E-state index is 0.0556. The molecule has 1 amide bonds. The molecule has 4 aliphatic rings. The molecule has 2 aliphatic heterocycles. The number of aliphatic carboxylic acids is 1. The third kappa shape index (κ3) is 2.57. The van der Waals surface area contributed by atoms with Crippen LogP contribution in [0.1, 0.15) is 41.5 Å². The van der Waals surface area contributed by atoms with E-state index in [4.69, 9.17) is 4.74 Å². The molecule has 2 saturated heterocycles.